The van der Waals surface area contributed by atoms with Gasteiger partial charge in [0.1, 0.15) is 6.61 Å². The third-order valence-corrected chi connectivity index (χ3v) is 5.56. The first-order valence-electron chi connectivity index (χ1n) is 10.7. The number of nitrogens with one attached hydrogen (secondary N) is 1. The Hall–Kier alpha value is -1.97. The molecule has 1 N–H and O–H groups in total. The molecule has 0 heterocycles. The van der Waals surface area contributed by atoms with Crippen molar-refractivity contribution in [2.75, 3.05) is 13.2 Å². The summed E-state index contributed by atoms with van der Waals surface area (Å²) in [5.41, 5.74) is 4.98. The Morgan fingerprint density at radius 2 is 1.93 bits per heavy atom. The van der Waals surface area contributed by atoms with E-state index in [1.807, 2.05) is 25.1 Å². The minimum absolute atomic E-state index is 0.491. The molecule has 0 fully saturated rings. The van der Waals surface area contributed by atoms with Gasteiger partial charge in [-0.15, -0.1) is 0 Å². The molecule has 3 rings (SSSR count). The number of allylic oxidation sites excluding steroid dienone is 1. The lowest BCUT2D eigenvalue weighted by Crippen LogP contribution is -2.16. The second-order valence-corrected chi connectivity index (χ2v) is 8.04. The number of ether oxygens (including phenoxy) is 2. The summed E-state index contributed by atoms with van der Waals surface area (Å²) < 4.78 is 11.9. The van der Waals surface area contributed by atoms with Gasteiger partial charge in [0.05, 0.1) is 6.61 Å². The standard InChI is InChI=1S/C25H32ClNO2/c1-3-28-24-15-22(17-27-13-12-20-9-5-4-6-10-20)23(26)16-25(24)29-18-21-11-7-8-19(2)14-21/h7-9,11,14-16,27H,3-6,10,12-13,17-18H2,1-2H3. The highest BCUT2D eigenvalue weighted by Crippen LogP contribution is 2.34. The van der Waals surface area contributed by atoms with Crippen molar-refractivity contribution in [1.82, 2.24) is 5.32 Å². The predicted molar refractivity (Wildman–Crippen MR) is 121 cm³/mol. The van der Waals surface area contributed by atoms with E-state index < -0.39 is 0 Å². The van der Waals surface area contributed by atoms with E-state index in [0.29, 0.717) is 24.0 Å². The highest BCUT2D eigenvalue weighted by molar-refractivity contribution is 6.31. The van der Waals surface area contributed by atoms with Crippen LogP contribution in [0.1, 0.15) is 55.7 Å². The average molecular weight is 414 g/mol. The van der Waals surface area contributed by atoms with Crippen molar-refractivity contribution in [3.63, 3.8) is 0 Å². The van der Waals surface area contributed by atoms with E-state index >= 15 is 0 Å². The van der Waals surface area contributed by atoms with Gasteiger partial charge in [-0.1, -0.05) is 53.1 Å². The predicted octanol–water partition coefficient (Wildman–Crippen LogP) is 6.61. The van der Waals surface area contributed by atoms with Crippen LogP contribution in [0.2, 0.25) is 5.02 Å². The van der Waals surface area contributed by atoms with E-state index in [0.717, 1.165) is 36.4 Å². The molecule has 0 bridgehead atoms. The molecule has 2 aromatic carbocycles. The molecule has 2 aromatic rings. The van der Waals surface area contributed by atoms with Gasteiger partial charge in [-0.25, -0.2) is 0 Å². The average Bonchev–Trinajstić information content (AvgIpc) is 2.73. The van der Waals surface area contributed by atoms with Crippen molar-refractivity contribution in [2.24, 2.45) is 0 Å². The summed E-state index contributed by atoms with van der Waals surface area (Å²) in [6.45, 7) is 6.84. The molecule has 1 aliphatic carbocycles. The van der Waals surface area contributed by atoms with E-state index in [4.69, 9.17) is 21.1 Å². The van der Waals surface area contributed by atoms with Crippen molar-refractivity contribution >= 4 is 11.6 Å². The molecule has 0 saturated carbocycles. The van der Waals surface area contributed by atoms with Gasteiger partial charge in [-0.3, -0.25) is 0 Å². The van der Waals surface area contributed by atoms with Gasteiger partial charge in [-0.2, -0.15) is 0 Å². The Morgan fingerprint density at radius 1 is 1.07 bits per heavy atom. The molecule has 156 valence electrons. The van der Waals surface area contributed by atoms with Crippen LogP contribution >= 0.6 is 11.6 Å². The van der Waals surface area contributed by atoms with Gasteiger partial charge in [0, 0.05) is 17.6 Å². The maximum Gasteiger partial charge on any atom is 0.163 e. The highest BCUT2D eigenvalue weighted by Gasteiger charge is 2.12. The first-order chi connectivity index (χ1) is 14.2. The van der Waals surface area contributed by atoms with Crippen LogP contribution in [-0.2, 0) is 13.2 Å². The van der Waals surface area contributed by atoms with Crippen molar-refractivity contribution < 1.29 is 9.47 Å². The molecular formula is C25H32ClNO2. The quantitative estimate of drug-likeness (QED) is 0.351. The van der Waals surface area contributed by atoms with Gasteiger partial charge >= 0.3 is 0 Å². The number of hydrogen-bond acceptors (Lipinski definition) is 3. The molecule has 3 nitrogen and oxygen atoms in total. The molecule has 4 heteroatoms. The zero-order valence-corrected chi connectivity index (χ0v) is 18.4. The SMILES string of the molecule is CCOc1cc(CNCCC2=CCCCC2)c(Cl)cc1OCc1cccc(C)c1. The van der Waals surface area contributed by atoms with Gasteiger partial charge in [0.2, 0.25) is 0 Å². The molecule has 0 radical (unpaired) electrons. The topological polar surface area (TPSA) is 30.5 Å². The van der Waals surface area contributed by atoms with Crippen molar-refractivity contribution in [2.45, 2.75) is 59.1 Å². The molecule has 0 spiro atoms. The lowest BCUT2D eigenvalue weighted by atomic mass is 9.97. The number of halogens is 1. The summed E-state index contributed by atoms with van der Waals surface area (Å²) in [5, 5.41) is 4.23. The molecule has 0 aliphatic heterocycles. The lowest BCUT2D eigenvalue weighted by Gasteiger charge is -2.16. The van der Waals surface area contributed by atoms with E-state index in [9.17, 15) is 0 Å². The second kappa shape index (κ2) is 11.3. The van der Waals surface area contributed by atoms with E-state index in [-0.39, 0.29) is 0 Å². The van der Waals surface area contributed by atoms with Crippen molar-refractivity contribution in [3.05, 3.63) is 69.8 Å². The molecule has 0 atom stereocenters. The number of aryl methyl sites for hydroxylation is 1. The molecule has 1 aliphatic rings. The van der Waals surface area contributed by atoms with Crippen LogP contribution in [0.5, 0.6) is 11.5 Å². The van der Waals surface area contributed by atoms with Gasteiger partial charge in [-0.05, 0) is 69.7 Å². The molecular weight excluding hydrogens is 382 g/mol. The summed E-state index contributed by atoms with van der Waals surface area (Å²) in [5.74, 6) is 1.44. The summed E-state index contributed by atoms with van der Waals surface area (Å²) in [4.78, 5) is 0. The largest absolute Gasteiger partial charge is 0.490 e. The fourth-order valence-corrected chi connectivity index (χ4v) is 3.88. The molecule has 0 saturated heterocycles. The summed E-state index contributed by atoms with van der Waals surface area (Å²) in [7, 11) is 0. The second-order valence-electron chi connectivity index (χ2n) is 7.64. The number of benzene rings is 2. The smallest absolute Gasteiger partial charge is 0.163 e. The summed E-state index contributed by atoms with van der Waals surface area (Å²) >= 11 is 6.55. The highest BCUT2D eigenvalue weighted by atomic mass is 35.5. The van der Waals surface area contributed by atoms with Crippen molar-refractivity contribution in [1.29, 1.82) is 0 Å². The first kappa shape index (κ1) is 21.7. The Bertz CT molecular complexity index is 832. The van der Waals surface area contributed by atoms with Gasteiger partial charge in [0.25, 0.3) is 0 Å². The van der Waals surface area contributed by atoms with Crippen LogP contribution in [-0.4, -0.2) is 13.2 Å². The molecule has 0 amide bonds. The molecule has 0 aromatic heterocycles. The fraction of sp³-hybridized carbons (Fsp3) is 0.440. The summed E-state index contributed by atoms with van der Waals surface area (Å²) in [6, 6.07) is 12.2. The molecule has 29 heavy (non-hydrogen) atoms. The van der Waals surface area contributed by atoms with Crippen LogP contribution in [0.3, 0.4) is 0 Å². The van der Waals surface area contributed by atoms with Crippen LogP contribution in [0.25, 0.3) is 0 Å². The Kier molecular flexibility index (Phi) is 8.45. The summed E-state index contributed by atoms with van der Waals surface area (Å²) in [6.07, 6.45) is 8.69. The fourth-order valence-electron chi connectivity index (χ4n) is 3.66. The monoisotopic (exact) mass is 413 g/mol. The Labute approximate surface area is 180 Å². The third kappa shape index (κ3) is 6.80. The lowest BCUT2D eigenvalue weighted by molar-refractivity contribution is 0.269. The zero-order valence-electron chi connectivity index (χ0n) is 17.6. The van der Waals surface area contributed by atoms with E-state index in [1.54, 1.807) is 5.57 Å². The first-order valence-corrected chi connectivity index (χ1v) is 11.1. The minimum Gasteiger partial charge on any atom is -0.490 e. The molecule has 0 unspecified atom stereocenters. The number of hydrogen-bond donors (Lipinski definition) is 1. The van der Waals surface area contributed by atoms with Crippen LogP contribution in [0, 0.1) is 6.92 Å². The Balaban J connectivity index is 1.59. The van der Waals surface area contributed by atoms with Crippen LogP contribution in [0.15, 0.2) is 48.0 Å². The Morgan fingerprint density at radius 3 is 2.69 bits per heavy atom. The zero-order chi connectivity index (χ0) is 20.5. The minimum atomic E-state index is 0.491. The normalized spacial score (nSPS) is 13.8. The van der Waals surface area contributed by atoms with Gasteiger partial charge in [0.15, 0.2) is 11.5 Å². The van der Waals surface area contributed by atoms with Crippen LogP contribution in [0.4, 0.5) is 0 Å². The maximum absolute atomic E-state index is 6.55. The number of rotatable bonds is 10. The van der Waals surface area contributed by atoms with E-state index in [1.165, 1.54) is 31.2 Å². The van der Waals surface area contributed by atoms with E-state index in [2.05, 4.69) is 36.5 Å². The van der Waals surface area contributed by atoms with Gasteiger partial charge < -0.3 is 14.8 Å². The maximum atomic E-state index is 6.55. The third-order valence-electron chi connectivity index (χ3n) is 5.21. The van der Waals surface area contributed by atoms with Crippen molar-refractivity contribution in [3.8, 4) is 11.5 Å². The van der Waals surface area contributed by atoms with Crippen LogP contribution < -0.4 is 14.8 Å².